The number of hydrogen-bond donors (Lipinski definition) is 1. The Kier molecular flexibility index (Phi) is 5.14. The number of fused-ring (bicyclic) bond motifs is 2. The predicted molar refractivity (Wildman–Crippen MR) is 129 cm³/mol. The van der Waals surface area contributed by atoms with Crippen LogP contribution in [0.5, 0.6) is 0 Å². The third-order valence-electron chi connectivity index (χ3n) is 6.24. The molecule has 1 aromatic carbocycles. The number of nitrogens with two attached hydrogens (primary N) is 1. The molecule has 5 heterocycles. The molecule has 7 nitrogen and oxygen atoms in total. The summed E-state index contributed by atoms with van der Waals surface area (Å²) < 4.78 is 59.8. The Morgan fingerprint density at radius 1 is 0.892 bits per heavy atom. The van der Waals surface area contributed by atoms with Gasteiger partial charge in [0.05, 0.1) is 5.52 Å². The second-order valence-electron chi connectivity index (χ2n) is 8.49. The smallest absolute Gasteiger partial charge is 0.182 e. The van der Waals surface area contributed by atoms with E-state index >= 15 is 0 Å². The summed E-state index contributed by atoms with van der Waals surface area (Å²) in [6.07, 6.45) is 5.79. The molecule has 0 saturated carbocycles. The van der Waals surface area contributed by atoms with Gasteiger partial charge in [0, 0.05) is 54.8 Å². The van der Waals surface area contributed by atoms with Crippen molar-refractivity contribution in [2.75, 3.05) is 5.73 Å². The number of imidazole rings is 1. The Bertz CT molecular complexity index is 1840. The van der Waals surface area contributed by atoms with E-state index in [0.29, 0.717) is 17.1 Å². The highest BCUT2D eigenvalue weighted by atomic mass is 19.2. The van der Waals surface area contributed by atoms with Gasteiger partial charge in [-0.3, -0.25) is 4.40 Å². The molecule has 6 rings (SSSR count). The van der Waals surface area contributed by atoms with Crippen LogP contribution in [0.15, 0.2) is 61.2 Å². The van der Waals surface area contributed by atoms with Crippen molar-refractivity contribution in [2.45, 2.75) is 6.42 Å². The highest BCUT2D eigenvalue weighted by Gasteiger charge is 2.21. The zero-order valence-corrected chi connectivity index (χ0v) is 19.3. The monoisotopic (exact) mass is 503 g/mol. The molecule has 0 radical (unpaired) electrons. The Hall–Kier alpha value is -4.80. The zero-order chi connectivity index (χ0) is 25.8. The van der Waals surface area contributed by atoms with Crippen molar-refractivity contribution in [1.82, 2.24) is 28.9 Å². The minimum Gasteiger partial charge on any atom is -0.383 e. The van der Waals surface area contributed by atoms with Crippen LogP contribution in [0.3, 0.4) is 0 Å². The van der Waals surface area contributed by atoms with Gasteiger partial charge in [-0.2, -0.15) is 0 Å². The van der Waals surface area contributed by atoms with Gasteiger partial charge in [-0.15, -0.1) is 0 Å². The lowest BCUT2D eigenvalue weighted by Gasteiger charge is -2.08. The summed E-state index contributed by atoms with van der Waals surface area (Å²) in [6, 6.07) is 7.92. The van der Waals surface area contributed by atoms with Gasteiger partial charge in [0.25, 0.3) is 0 Å². The van der Waals surface area contributed by atoms with Crippen molar-refractivity contribution in [3.63, 3.8) is 0 Å². The summed E-state index contributed by atoms with van der Waals surface area (Å²) in [4.78, 5) is 17.7. The van der Waals surface area contributed by atoms with E-state index in [2.05, 4.69) is 19.9 Å². The van der Waals surface area contributed by atoms with Crippen LogP contribution in [0.1, 0.15) is 11.4 Å². The van der Waals surface area contributed by atoms with Crippen molar-refractivity contribution in [2.24, 2.45) is 7.05 Å². The fraction of sp³-hybridized carbons (Fsp3) is 0.0769. The van der Waals surface area contributed by atoms with Crippen LogP contribution in [0.4, 0.5) is 23.4 Å². The lowest BCUT2D eigenvalue weighted by Crippen LogP contribution is -2.04. The maximum atomic E-state index is 14.4. The van der Waals surface area contributed by atoms with E-state index in [1.54, 1.807) is 12.4 Å². The highest BCUT2D eigenvalue weighted by Crippen LogP contribution is 2.33. The largest absolute Gasteiger partial charge is 0.383 e. The normalized spacial score (nSPS) is 11.6. The van der Waals surface area contributed by atoms with Gasteiger partial charge in [0.2, 0.25) is 0 Å². The Balaban J connectivity index is 1.48. The number of aryl methyl sites for hydroxylation is 1. The van der Waals surface area contributed by atoms with Gasteiger partial charge >= 0.3 is 0 Å². The number of rotatable bonds is 4. The molecule has 0 aliphatic carbocycles. The van der Waals surface area contributed by atoms with E-state index in [-0.39, 0.29) is 23.2 Å². The number of pyridine rings is 2. The standard InChI is InChI=1S/C26H17F4N7/c1-36-9-7-15-14(6-8-32-26(15)36)17-11-33-25(35-24(17)31)23-20-5-2-13(27)12-37(20)21(34-23)10-16-18(28)3-4-19(29)22(16)30/h2-9,11-12H,10H2,1H3,(H2,31,33,35). The lowest BCUT2D eigenvalue weighted by molar-refractivity contribution is 0.481. The van der Waals surface area contributed by atoms with E-state index in [1.165, 1.54) is 16.5 Å². The molecular formula is C26H17F4N7. The molecule has 0 aliphatic heterocycles. The molecule has 0 spiro atoms. The molecular weight excluding hydrogens is 486 g/mol. The van der Waals surface area contributed by atoms with E-state index in [4.69, 9.17) is 5.73 Å². The Morgan fingerprint density at radius 3 is 2.51 bits per heavy atom. The first-order valence-electron chi connectivity index (χ1n) is 11.1. The maximum absolute atomic E-state index is 14.4. The fourth-order valence-corrected chi connectivity index (χ4v) is 4.42. The number of nitrogens with zero attached hydrogens (tertiary/aromatic N) is 6. The van der Waals surface area contributed by atoms with Crippen LogP contribution in [-0.2, 0) is 13.5 Å². The Morgan fingerprint density at radius 2 is 1.70 bits per heavy atom. The van der Waals surface area contributed by atoms with E-state index in [9.17, 15) is 17.6 Å². The molecule has 0 saturated heterocycles. The molecule has 5 aromatic heterocycles. The van der Waals surface area contributed by atoms with Crippen LogP contribution in [0.25, 0.3) is 39.2 Å². The van der Waals surface area contributed by atoms with E-state index < -0.39 is 35.3 Å². The quantitative estimate of drug-likeness (QED) is 0.268. The average Bonchev–Trinajstić information content (AvgIpc) is 3.44. The molecule has 0 bridgehead atoms. The molecule has 11 heteroatoms. The summed E-state index contributed by atoms with van der Waals surface area (Å²) >= 11 is 0. The fourth-order valence-electron chi connectivity index (χ4n) is 4.42. The van der Waals surface area contributed by atoms with Crippen LogP contribution in [0.2, 0.25) is 0 Å². The summed E-state index contributed by atoms with van der Waals surface area (Å²) in [6.45, 7) is 0. The van der Waals surface area contributed by atoms with Gasteiger partial charge < -0.3 is 10.3 Å². The molecule has 0 unspecified atom stereocenters. The molecule has 184 valence electrons. The van der Waals surface area contributed by atoms with E-state index in [0.717, 1.165) is 28.9 Å². The van der Waals surface area contributed by atoms with Crippen LogP contribution in [0, 0.1) is 23.3 Å². The molecule has 0 fully saturated rings. The summed E-state index contributed by atoms with van der Waals surface area (Å²) in [5.41, 5.74) is 8.56. The number of halogens is 4. The topological polar surface area (TPSA) is 86.9 Å². The van der Waals surface area contributed by atoms with E-state index in [1.807, 2.05) is 29.9 Å². The van der Waals surface area contributed by atoms with Crippen molar-refractivity contribution in [3.8, 4) is 22.6 Å². The van der Waals surface area contributed by atoms with Crippen LogP contribution in [-0.4, -0.2) is 28.9 Å². The number of anilines is 1. The van der Waals surface area contributed by atoms with Gasteiger partial charge in [0.15, 0.2) is 17.5 Å². The summed E-state index contributed by atoms with van der Waals surface area (Å²) in [5.74, 6) is -3.69. The molecule has 2 N–H and O–H groups in total. The van der Waals surface area contributed by atoms with Crippen LogP contribution < -0.4 is 5.73 Å². The lowest BCUT2D eigenvalue weighted by atomic mass is 10.1. The molecule has 37 heavy (non-hydrogen) atoms. The first-order chi connectivity index (χ1) is 17.8. The number of hydrogen-bond acceptors (Lipinski definition) is 5. The highest BCUT2D eigenvalue weighted by molar-refractivity contribution is 5.95. The molecule has 0 amide bonds. The van der Waals surface area contributed by atoms with Gasteiger partial charge in [-0.1, -0.05) is 0 Å². The zero-order valence-electron chi connectivity index (χ0n) is 19.3. The second-order valence-corrected chi connectivity index (χ2v) is 8.49. The first kappa shape index (κ1) is 22.7. The minimum absolute atomic E-state index is 0.0688. The first-order valence-corrected chi connectivity index (χ1v) is 11.1. The number of nitrogen functional groups attached to an aromatic ring is 1. The molecule has 0 aliphatic rings. The maximum Gasteiger partial charge on any atom is 0.182 e. The average molecular weight is 503 g/mol. The third kappa shape index (κ3) is 3.66. The Labute approximate surface area is 206 Å². The van der Waals surface area contributed by atoms with Crippen LogP contribution >= 0.6 is 0 Å². The van der Waals surface area contributed by atoms with Gasteiger partial charge in [-0.25, -0.2) is 37.5 Å². The summed E-state index contributed by atoms with van der Waals surface area (Å²) in [5, 5.41) is 0.873. The molecule has 6 aromatic rings. The third-order valence-corrected chi connectivity index (χ3v) is 6.24. The molecule has 0 atom stereocenters. The van der Waals surface area contributed by atoms with Crippen molar-refractivity contribution >= 4 is 22.4 Å². The predicted octanol–water partition coefficient (Wildman–Crippen LogP) is 5.07. The number of benzene rings is 1. The van der Waals surface area contributed by atoms with Crippen molar-refractivity contribution < 1.29 is 17.6 Å². The second kappa shape index (κ2) is 8.40. The van der Waals surface area contributed by atoms with Gasteiger partial charge in [-0.05, 0) is 42.0 Å². The minimum atomic E-state index is -1.33. The van der Waals surface area contributed by atoms with Gasteiger partial charge in [0.1, 0.15) is 34.6 Å². The summed E-state index contributed by atoms with van der Waals surface area (Å²) in [7, 11) is 1.88. The SMILES string of the molecule is Cn1ccc2c(-c3cnc(-c4nc(Cc5c(F)ccc(F)c5F)n5cc(F)ccc45)nc3N)ccnc21. The number of aromatic nitrogens is 6. The van der Waals surface area contributed by atoms with Crippen molar-refractivity contribution in [3.05, 3.63) is 95.8 Å². The van der Waals surface area contributed by atoms with Crippen molar-refractivity contribution in [1.29, 1.82) is 0 Å².